The predicted octanol–water partition coefficient (Wildman–Crippen LogP) is 0.811. The highest BCUT2D eigenvalue weighted by atomic mass is 15.1. The van der Waals surface area contributed by atoms with E-state index in [1.807, 2.05) is 6.92 Å². The summed E-state index contributed by atoms with van der Waals surface area (Å²) in [7, 11) is 0. The number of hydrogen-bond donors (Lipinski definition) is 3. The van der Waals surface area contributed by atoms with Gasteiger partial charge in [-0.2, -0.15) is 0 Å². The standard InChI is InChI=1S/C11H17N3/c1-8-2-3-9(6-10(8)12)11-7-13-4-5-14-11/h2-3,6,11,13-14H,4-5,7,12H2,1H3/t11-/m1/s1. The second-order valence-corrected chi connectivity index (χ2v) is 3.83. The molecule has 0 radical (unpaired) electrons. The Morgan fingerprint density at radius 2 is 2.21 bits per heavy atom. The van der Waals surface area contributed by atoms with Crippen molar-refractivity contribution in [3.8, 4) is 0 Å². The fourth-order valence-electron chi connectivity index (χ4n) is 1.76. The van der Waals surface area contributed by atoms with Crippen molar-refractivity contribution in [2.24, 2.45) is 0 Å². The van der Waals surface area contributed by atoms with Crippen molar-refractivity contribution in [3.63, 3.8) is 0 Å². The van der Waals surface area contributed by atoms with Crippen molar-refractivity contribution in [1.82, 2.24) is 10.6 Å². The highest BCUT2D eigenvalue weighted by Gasteiger charge is 2.14. The normalized spacial score (nSPS) is 22.2. The summed E-state index contributed by atoms with van der Waals surface area (Å²) >= 11 is 0. The van der Waals surface area contributed by atoms with Crippen LogP contribution in [0.3, 0.4) is 0 Å². The first-order valence-electron chi connectivity index (χ1n) is 5.07. The van der Waals surface area contributed by atoms with Gasteiger partial charge in [-0.25, -0.2) is 0 Å². The molecule has 76 valence electrons. The predicted molar refractivity (Wildman–Crippen MR) is 59.2 cm³/mol. The first-order valence-corrected chi connectivity index (χ1v) is 5.07. The first-order chi connectivity index (χ1) is 6.77. The molecular weight excluding hydrogens is 174 g/mol. The largest absolute Gasteiger partial charge is 0.399 e. The molecule has 1 aliphatic heterocycles. The van der Waals surface area contributed by atoms with Crippen LogP contribution in [0.1, 0.15) is 17.2 Å². The third-order valence-electron chi connectivity index (χ3n) is 2.75. The van der Waals surface area contributed by atoms with Crippen LogP contribution in [-0.2, 0) is 0 Å². The lowest BCUT2D eigenvalue weighted by Gasteiger charge is -2.25. The van der Waals surface area contributed by atoms with Crippen LogP contribution in [0.25, 0.3) is 0 Å². The molecule has 1 saturated heterocycles. The molecule has 1 fully saturated rings. The first kappa shape index (κ1) is 9.49. The van der Waals surface area contributed by atoms with Gasteiger partial charge in [0.05, 0.1) is 0 Å². The fraction of sp³-hybridized carbons (Fsp3) is 0.455. The Balaban J connectivity index is 2.18. The lowest BCUT2D eigenvalue weighted by atomic mass is 10.0. The van der Waals surface area contributed by atoms with Gasteiger partial charge in [0.2, 0.25) is 0 Å². The van der Waals surface area contributed by atoms with Crippen LogP contribution in [0.15, 0.2) is 18.2 Å². The summed E-state index contributed by atoms with van der Waals surface area (Å²) in [5.74, 6) is 0. The van der Waals surface area contributed by atoms with Gasteiger partial charge in [0.25, 0.3) is 0 Å². The van der Waals surface area contributed by atoms with E-state index >= 15 is 0 Å². The van der Waals surface area contributed by atoms with Gasteiger partial charge in [-0.15, -0.1) is 0 Å². The minimum atomic E-state index is 0.409. The quantitative estimate of drug-likeness (QED) is 0.576. The zero-order valence-electron chi connectivity index (χ0n) is 8.51. The number of hydrogen-bond acceptors (Lipinski definition) is 3. The molecule has 0 amide bonds. The molecule has 1 aromatic carbocycles. The zero-order chi connectivity index (χ0) is 9.97. The second-order valence-electron chi connectivity index (χ2n) is 3.83. The summed E-state index contributed by atoms with van der Waals surface area (Å²) in [6, 6.07) is 6.71. The number of nitrogen functional groups attached to an aromatic ring is 1. The summed E-state index contributed by atoms with van der Waals surface area (Å²) < 4.78 is 0. The van der Waals surface area contributed by atoms with E-state index in [0.29, 0.717) is 6.04 Å². The van der Waals surface area contributed by atoms with Crippen molar-refractivity contribution in [2.75, 3.05) is 25.4 Å². The van der Waals surface area contributed by atoms with E-state index in [0.717, 1.165) is 30.9 Å². The Kier molecular flexibility index (Phi) is 2.70. The number of rotatable bonds is 1. The van der Waals surface area contributed by atoms with Gasteiger partial charge in [0, 0.05) is 31.4 Å². The van der Waals surface area contributed by atoms with Crippen LogP contribution in [-0.4, -0.2) is 19.6 Å². The van der Waals surface area contributed by atoms with Crippen molar-refractivity contribution in [3.05, 3.63) is 29.3 Å². The molecule has 3 heteroatoms. The van der Waals surface area contributed by atoms with Gasteiger partial charge in [-0.3, -0.25) is 0 Å². The molecule has 3 nitrogen and oxygen atoms in total. The molecule has 0 saturated carbocycles. The van der Waals surface area contributed by atoms with Crippen LogP contribution in [0.4, 0.5) is 5.69 Å². The van der Waals surface area contributed by atoms with Crippen molar-refractivity contribution in [2.45, 2.75) is 13.0 Å². The molecule has 0 aromatic heterocycles. The van der Waals surface area contributed by atoms with E-state index in [1.165, 1.54) is 5.56 Å². The van der Waals surface area contributed by atoms with E-state index in [-0.39, 0.29) is 0 Å². The van der Waals surface area contributed by atoms with E-state index < -0.39 is 0 Å². The molecule has 1 aromatic rings. The lowest BCUT2D eigenvalue weighted by Crippen LogP contribution is -2.42. The molecule has 0 spiro atoms. The summed E-state index contributed by atoms with van der Waals surface area (Å²) in [6.07, 6.45) is 0. The Bertz CT molecular complexity index is 316. The number of aryl methyl sites for hydroxylation is 1. The third kappa shape index (κ3) is 1.89. The number of piperazine rings is 1. The maximum absolute atomic E-state index is 5.88. The maximum atomic E-state index is 5.88. The van der Waals surface area contributed by atoms with Gasteiger partial charge in [0.1, 0.15) is 0 Å². The molecule has 0 unspecified atom stereocenters. The maximum Gasteiger partial charge on any atom is 0.0447 e. The summed E-state index contributed by atoms with van der Waals surface area (Å²) in [4.78, 5) is 0. The van der Waals surface area contributed by atoms with Gasteiger partial charge >= 0.3 is 0 Å². The molecule has 1 atom stereocenters. The zero-order valence-corrected chi connectivity index (χ0v) is 8.51. The topological polar surface area (TPSA) is 50.1 Å². The Labute approximate surface area is 84.7 Å². The van der Waals surface area contributed by atoms with Crippen molar-refractivity contribution in [1.29, 1.82) is 0 Å². The third-order valence-corrected chi connectivity index (χ3v) is 2.75. The number of benzene rings is 1. The smallest absolute Gasteiger partial charge is 0.0447 e. The highest BCUT2D eigenvalue weighted by Crippen LogP contribution is 2.19. The van der Waals surface area contributed by atoms with E-state index in [2.05, 4.69) is 28.8 Å². The lowest BCUT2D eigenvalue weighted by molar-refractivity contribution is 0.430. The monoisotopic (exact) mass is 191 g/mol. The molecule has 14 heavy (non-hydrogen) atoms. The molecule has 1 heterocycles. The SMILES string of the molecule is Cc1ccc([C@H]2CNCCN2)cc1N. The van der Waals surface area contributed by atoms with E-state index in [1.54, 1.807) is 0 Å². The molecule has 1 aliphatic rings. The van der Waals surface area contributed by atoms with Crippen LogP contribution in [0, 0.1) is 6.92 Å². The number of nitrogens with one attached hydrogen (secondary N) is 2. The van der Waals surface area contributed by atoms with Crippen LogP contribution in [0.2, 0.25) is 0 Å². The van der Waals surface area contributed by atoms with Gasteiger partial charge < -0.3 is 16.4 Å². The molecule has 0 bridgehead atoms. The Morgan fingerprint density at radius 1 is 1.36 bits per heavy atom. The van der Waals surface area contributed by atoms with Gasteiger partial charge in [0.15, 0.2) is 0 Å². The molecule has 4 N–H and O–H groups in total. The van der Waals surface area contributed by atoms with Crippen LogP contribution in [0.5, 0.6) is 0 Å². The highest BCUT2D eigenvalue weighted by molar-refractivity contribution is 5.49. The molecule has 2 rings (SSSR count). The van der Waals surface area contributed by atoms with E-state index in [4.69, 9.17) is 5.73 Å². The molecular formula is C11H17N3. The van der Waals surface area contributed by atoms with Crippen molar-refractivity contribution >= 4 is 5.69 Å². The summed E-state index contributed by atoms with van der Waals surface area (Å²) in [5.41, 5.74) is 9.19. The van der Waals surface area contributed by atoms with Gasteiger partial charge in [-0.1, -0.05) is 12.1 Å². The average Bonchev–Trinajstić information content (AvgIpc) is 2.23. The van der Waals surface area contributed by atoms with E-state index in [9.17, 15) is 0 Å². The minimum absolute atomic E-state index is 0.409. The fourth-order valence-corrected chi connectivity index (χ4v) is 1.76. The Morgan fingerprint density at radius 3 is 2.86 bits per heavy atom. The average molecular weight is 191 g/mol. The van der Waals surface area contributed by atoms with Gasteiger partial charge in [-0.05, 0) is 24.1 Å². The van der Waals surface area contributed by atoms with Crippen LogP contribution >= 0.6 is 0 Å². The summed E-state index contributed by atoms with van der Waals surface area (Å²) in [5, 5.41) is 6.83. The molecule has 0 aliphatic carbocycles. The van der Waals surface area contributed by atoms with Crippen LogP contribution < -0.4 is 16.4 Å². The summed E-state index contributed by atoms with van der Waals surface area (Å²) in [6.45, 7) is 5.10. The number of nitrogens with two attached hydrogens (primary N) is 1. The number of anilines is 1. The minimum Gasteiger partial charge on any atom is -0.399 e. The second kappa shape index (κ2) is 3.98. The Hall–Kier alpha value is -1.06. The van der Waals surface area contributed by atoms with Crippen molar-refractivity contribution < 1.29 is 0 Å².